The van der Waals surface area contributed by atoms with Crippen LogP contribution < -0.4 is 0 Å². The Morgan fingerprint density at radius 1 is 0.879 bits per heavy atom. The number of rotatable bonds is 2. The van der Waals surface area contributed by atoms with Crippen LogP contribution in [0.15, 0.2) is 53.7 Å². The number of halogens is 6. The molecule has 0 N–H and O–H groups in total. The van der Waals surface area contributed by atoms with Gasteiger partial charge in [-0.2, -0.15) is 18.3 Å². The third kappa shape index (κ3) is 3.44. The van der Waals surface area contributed by atoms with Gasteiger partial charge in [-0.25, -0.2) is 8.78 Å². The Labute approximate surface area is 187 Å². The monoisotopic (exact) mass is 476 g/mol. The molecule has 0 saturated heterocycles. The lowest BCUT2D eigenvalue weighted by Gasteiger charge is -2.19. The van der Waals surface area contributed by atoms with Crippen molar-refractivity contribution in [2.24, 2.45) is 4.99 Å². The molecule has 33 heavy (non-hydrogen) atoms. The number of benzene rings is 2. The van der Waals surface area contributed by atoms with E-state index in [1.807, 2.05) is 0 Å². The average Bonchev–Trinajstić information content (AvgIpc) is 3.12. The lowest BCUT2D eigenvalue weighted by atomic mass is 9.97. The van der Waals surface area contributed by atoms with Gasteiger partial charge in [-0.05, 0) is 36.4 Å². The highest BCUT2D eigenvalue weighted by Gasteiger charge is 2.37. The molecule has 5 rings (SSSR count). The number of hydrogen-bond donors (Lipinski definition) is 0. The Balaban J connectivity index is 1.86. The molecule has 0 saturated carbocycles. The predicted octanol–water partition coefficient (Wildman–Crippen LogP) is 5.03. The molecular formula is C21H10ClF5N6. The first-order valence-corrected chi connectivity index (χ1v) is 9.77. The van der Waals surface area contributed by atoms with E-state index >= 15 is 0 Å². The van der Waals surface area contributed by atoms with Crippen LogP contribution in [0.1, 0.15) is 22.5 Å². The summed E-state index contributed by atoms with van der Waals surface area (Å²) >= 11 is 6.24. The van der Waals surface area contributed by atoms with E-state index in [0.717, 1.165) is 30.3 Å². The van der Waals surface area contributed by atoms with Crippen LogP contribution in [0.3, 0.4) is 0 Å². The van der Waals surface area contributed by atoms with Crippen LogP contribution in [0.4, 0.5) is 22.0 Å². The second-order valence-corrected chi connectivity index (χ2v) is 7.34. The Kier molecular flexibility index (Phi) is 4.93. The zero-order valence-electron chi connectivity index (χ0n) is 16.3. The second kappa shape index (κ2) is 7.69. The zero-order chi connectivity index (χ0) is 23.3. The van der Waals surface area contributed by atoms with Crippen molar-refractivity contribution in [1.29, 1.82) is 0 Å². The van der Waals surface area contributed by atoms with Gasteiger partial charge >= 0.3 is 6.18 Å². The van der Waals surface area contributed by atoms with Gasteiger partial charge in [-0.15, -0.1) is 15.3 Å². The van der Waals surface area contributed by atoms with Crippen molar-refractivity contribution in [2.75, 3.05) is 0 Å². The molecule has 1 aliphatic rings. The summed E-state index contributed by atoms with van der Waals surface area (Å²) < 4.78 is 71.8. The first-order chi connectivity index (χ1) is 15.8. The maximum atomic E-state index is 14.7. The molecule has 0 amide bonds. The second-order valence-electron chi connectivity index (χ2n) is 6.96. The van der Waals surface area contributed by atoms with Gasteiger partial charge in [0.05, 0.1) is 27.5 Å². The van der Waals surface area contributed by atoms with Gasteiger partial charge in [0.2, 0.25) is 0 Å². The first kappa shape index (κ1) is 21.1. The standard InChI is InChI=1S/C21H10ClF5N6/c22-18-10(21(25,26)27)6-7-14-17(18)19(16-11(23)3-1-4-12(16)24)28-9-15-31-32-20(33(14)15)13-5-2-8-29-30-13/h1-8H,9H2. The van der Waals surface area contributed by atoms with Crippen molar-refractivity contribution < 1.29 is 22.0 Å². The molecule has 0 aliphatic carbocycles. The smallest absolute Gasteiger partial charge is 0.276 e. The van der Waals surface area contributed by atoms with Gasteiger partial charge in [0.15, 0.2) is 11.6 Å². The molecule has 4 aromatic rings. The van der Waals surface area contributed by atoms with Gasteiger partial charge in [-0.1, -0.05) is 17.7 Å². The van der Waals surface area contributed by atoms with Crippen LogP contribution in [-0.2, 0) is 12.7 Å². The van der Waals surface area contributed by atoms with E-state index in [1.165, 1.54) is 10.8 Å². The molecule has 3 heterocycles. The third-order valence-electron chi connectivity index (χ3n) is 5.01. The van der Waals surface area contributed by atoms with E-state index in [4.69, 9.17) is 11.6 Å². The summed E-state index contributed by atoms with van der Waals surface area (Å²) in [5.74, 6) is -1.64. The van der Waals surface area contributed by atoms with Crippen molar-refractivity contribution in [3.05, 3.63) is 87.8 Å². The number of alkyl halides is 3. The van der Waals surface area contributed by atoms with E-state index in [-0.39, 0.29) is 40.9 Å². The number of aromatic nitrogens is 5. The largest absolute Gasteiger partial charge is 0.417 e. The summed E-state index contributed by atoms with van der Waals surface area (Å²) in [6.45, 7) is -0.233. The molecular weight excluding hydrogens is 467 g/mol. The number of aliphatic imine (C=N–C) groups is 1. The Bertz CT molecular complexity index is 1390. The quantitative estimate of drug-likeness (QED) is 0.381. The number of hydrogen-bond acceptors (Lipinski definition) is 5. The van der Waals surface area contributed by atoms with E-state index in [9.17, 15) is 22.0 Å². The SMILES string of the molecule is Fc1cccc(F)c1C1=NCc2nnc(-c3cccnn3)n2-c2ccc(C(F)(F)F)c(Cl)c21. The summed E-state index contributed by atoms with van der Waals surface area (Å²) in [6, 6.07) is 8.20. The normalized spacial score (nSPS) is 13.2. The molecule has 2 aromatic heterocycles. The van der Waals surface area contributed by atoms with Crippen LogP contribution in [0.25, 0.3) is 17.2 Å². The summed E-state index contributed by atoms with van der Waals surface area (Å²) in [7, 11) is 0. The fraction of sp³-hybridized carbons (Fsp3) is 0.0952. The molecule has 1 aliphatic heterocycles. The maximum Gasteiger partial charge on any atom is 0.417 e. The highest BCUT2D eigenvalue weighted by molar-refractivity contribution is 6.37. The minimum Gasteiger partial charge on any atom is -0.276 e. The lowest BCUT2D eigenvalue weighted by molar-refractivity contribution is -0.137. The van der Waals surface area contributed by atoms with Crippen LogP contribution in [-0.4, -0.2) is 30.7 Å². The van der Waals surface area contributed by atoms with E-state index < -0.39 is 34.0 Å². The molecule has 0 atom stereocenters. The maximum absolute atomic E-state index is 14.7. The highest BCUT2D eigenvalue weighted by atomic mass is 35.5. The fourth-order valence-electron chi connectivity index (χ4n) is 3.61. The Morgan fingerprint density at radius 3 is 2.30 bits per heavy atom. The molecule has 166 valence electrons. The molecule has 0 fully saturated rings. The van der Waals surface area contributed by atoms with Crippen LogP contribution in [0, 0.1) is 11.6 Å². The number of fused-ring (bicyclic) bond motifs is 3. The summed E-state index contributed by atoms with van der Waals surface area (Å²) in [6.07, 6.45) is -3.38. The van der Waals surface area contributed by atoms with Crippen molar-refractivity contribution in [3.8, 4) is 17.2 Å². The Morgan fingerprint density at radius 2 is 1.64 bits per heavy atom. The third-order valence-corrected chi connectivity index (χ3v) is 5.41. The average molecular weight is 477 g/mol. The lowest BCUT2D eigenvalue weighted by Crippen LogP contribution is -2.16. The van der Waals surface area contributed by atoms with Crippen molar-refractivity contribution >= 4 is 17.3 Å². The minimum atomic E-state index is -4.82. The zero-order valence-corrected chi connectivity index (χ0v) is 17.0. The Hall–Kier alpha value is -3.73. The van der Waals surface area contributed by atoms with Gasteiger partial charge in [-0.3, -0.25) is 9.56 Å². The van der Waals surface area contributed by atoms with Crippen LogP contribution >= 0.6 is 11.6 Å². The first-order valence-electron chi connectivity index (χ1n) is 9.39. The van der Waals surface area contributed by atoms with Crippen LogP contribution in [0.2, 0.25) is 5.02 Å². The molecule has 12 heteroatoms. The minimum absolute atomic E-state index is 0.0626. The molecule has 6 nitrogen and oxygen atoms in total. The van der Waals surface area contributed by atoms with E-state index in [1.54, 1.807) is 12.1 Å². The fourth-order valence-corrected chi connectivity index (χ4v) is 3.97. The number of nitrogens with zero attached hydrogens (tertiary/aromatic N) is 6. The van der Waals surface area contributed by atoms with Crippen LogP contribution in [0.5, 0.6) is 0 Å². The van der Waals surface area contributed by atoms with Gasteiger partial charge < -0.3 is 0 Å². The summed E-state index contributed by atoms with van der Waals surface area (Å²) in [5, 5.41) is 15.1. The molecule has 0 bridgehead atoms. The van der Waals surface area contributed by atoms with Crippen molar-refractivity contribution in [1.82, 2.24) is 25.0 Å². The molecule has 0 unspecified atom stereocenters. The van der Waals surface area contributed by atoms with Crippen molar-refractivity contribution in [3.63, 3.8) is 0 Å². The highest BCUT2D eigenvalue weighted by Crippen LogP contribution is 2.41. The predicted molar refractivity (Wildman–Crippen MR) is 108 cm³/mol. The summed E-state index contributed by atoms with van der Waals surface area (Å²) in [5.41, 5.74) is -2.11. The van der Waals surface area contributed by atoms with E-state index in [2.05, 4.69) is 25.4 Å². The molecule has 0 spiro atoms. The summed E-state index contributed by atoms with van der Waals surface area (Å²) in [4.78, 5) is 4.21. The van der Waals surface area contributed by atoms with E-state index in [0.29, 0.717) is 0 Å². The van der Waals surface area contributed by atoms with Gasteiger partial charge in [0.1, 0.15) is 23.9 Å². The van der Waals surface area contributed by atoms with Gasteiger partial charge in [0, 0.05) is 11.8 Å². The molecule has 0 radical (unpaired) electrons. The topological polar surface area (TPSA) is 68.8 Å². The van der Waals surface area contributed by atoms with Gasteiger partial charge in [0.25, 0.3) is 0 Å². The van der Waals surface area contributed by atoms with Crippen molar-refractivity contribution in [2.45, 2.75) is 12.7 Å². The molecule has 2 aromatic carbocycles.